The van der Waals surface area contributed by atoms with Crippen LogP contribution in [-0.4, -0.2) is 46.7 Å². The van der Waals surface area contributed by atoms with E-state index in [0.29, 0.717) is 23.6 Å². The fraction of sp³-hybridized carbons (Fsp3) is 0.355. The van der Waals surface area contributed by atoms with Gasteiger partial charge in [-0.15, -0.1) is 0 Å². The number of rotatable bonds is 9. The van der Waals surface area contributed by atoms with Crippen LogP contribution in [0.15, 0.2) is 69.0 Å². The third kappa shape index (κ3) is 5.23. The smallest absolute Gasteiger partial charge is 0.348 e. The lowest BCUT2D eigenvalue weighted by atomic mass is 10.1. The number of nitrogens with one attached hydrogen (secondary N) is 1. The van der Waals surface area contributed by atoms with Crippen molar-refractivity contribution in [3.8, 4) is 0 Å². The van der Waals surface area contributed by atoms with Gasteiger partial charge in [-0.2, -0.15) is 0 Å². The first kappa shape index (κ1) is 27.2. The molecule has 0 bridgehead atoms. The fourth-order valence-electron chi connectivity index (χ4n) is 5.49. The summed E-state index contributed by atoms with van der Waals surface area (Å²) in [5.74, 6) is -0.391. The van der Waals surface area contributed by atoms with Crippen LogP contribution >= 0.6 is 0 Å². The number of likely N-dealkylation sites (tertiary alicyclic amines) is 1. The molecule has 4 aromatic rings. The van der Waals surface area contributed by atoms with Gasteiger partial charge in [0.1, 0.15) is 24.5 Å². The number of hydrogen-bond donors (Lipinski definition) is 1. The Morgan fingerprint density at radius 2 is 1.85 bits per heavy atom. The number of aryl methyl sites for hydroxylation is 2. The summed E-state index contributed by atoms with van der Waals surface area (Å²) in [5, 5.41) is 9.11. The maximum absolute atomic E-state index is 13.5. The second kappa shape index (κ2) is 11.8. The summed E-state index contributed by atoms with van der Waals surface area (Å²) < 4.78 is 7.67. The van der Waals surface area contributed by atoms with Crippen LogP contribution in [0.2, 0.25) is 0 Å². The van der Waals surface area contributed by atoms with Gasteiger partial charge in [0.15, 0.2) is 0 Å². The number of anilines is 1. The summed E-state index contributed by atoms with van der Waals surface area (Å²) in [6, 6.07) is 16.3. The minimum Gasteiger partial charge on any atom is -0.427 e. The lowest BCUT2D eigenvalue weighted by molar-refractivity contribution is -0.119. The average Bonchev–Trinajstić information content (AvgIpc) is 3.52. The predicted molar refractivity (Wildman–Crippen MR) is 156 cm³/mol. The number of carbonyl (C=O) groups excluding carboxylic acids is 2. The molecule has 208 valence electrons. The Morgan fingerprint density at radius 1 is 1.05 bits per heavy atom. The second-order valence-electron chi connectivity index (χ2n) is 10.0. The Morgan fingerprint density at radius 3 is 2.60 bits per heavy atom. The third-order valence-electron chi connectivity index (χ3n) is 7.43. The van der Waals surface area contributed by atoms with E-state index in [4.69, 9.17) is 9.25 Å². The Hall–Kier alpha value is -4.40. The Balaban J connectivity index is 1.40. The minimum absolute atomic E-state index is 0.0749. The maximum Gasteiger partial charge on any atom is 0.348 e. The molecule has 2 aromatic heterocycles. The predicted octanol–water partition coefficient (Wildman–Crippen LogP) is 5.36. The zero-order chi connectivity index (χ0) is 28.2. The van der Waals surface area contributed by atoms with Crippen LogP contribution in [0.3, 0.4) is 0 Å². The zero-order valence-corrected chi connectivity index (χ0v) is 23.1. The van der Waals surface area contributed by atoms with E-state index in [2.05, 4.69) is 41.0 Å². The van der Waals surface area contributed by atoms with Crippen molar-refractivity contribution in [2.24, 2.45) is 5.16 Å². The normalized spacial score (nSPS) is 16.2. The number of amides is 2. The molecule has 2 aromatic carbocycles. The number of unbranched alkanes of at least 4 members (excludes halogenated alkanes) is 2. The lowest BCUT2D eigenvalue weighted by Gasteiger charge is -2.23. The summed E-state index contributed by atoms with van der Waals surface area (Å²) in [4.78, 5) is 46.1. The van der Waals surface area contributed by atoms with Crippen LogP contribution in [0.4, 0.5) is 5.69 Å². The molecule has 5 rings (SSSR count). The SMILES string of the molecule is CCCCCc1ccc(C(=O)N2C/C(=N/OC)C[C@H]2C(=O)Nc2ccc3c(c2)c2ccccc2n3CC)c(=O)o1. The van der Waals surface area contributed by atoms with E-state index in [9.17, 15) is 14.4 Å². The monoisotopic (exact) mass is 542 g/mol. The highest BCUT2D eigenvalue weighted by molar-refractivity contribution is 6.11. The third-order valence-corrected chi connectivity index (χ3v) is 7.43. The zero-order valence-electron chi connectivity index (χ0n) is 23.1. The topological polar surface area (TPSA) is 106 Å². The van der Waals surface area contributed by atoms with Crippen LogP contribution in [0.5, 0.6) is 0 Å². The van der Waals surface area contributed by atoms with E-state index in [-0.39, 0.29) is 24.4 Å². The number of hydrogen-bond acceptors (Lipinski definition) is 6. The van der Waals surface area contributed by atoms with Crippen LogP contribution in [0.25, 0.3) is 21.8 Å². The quantitative estimate of drug-likeness (QED) is 0.227. The molecule has 0 saturated carbocycles. The van der Waals surface area contributed by atoms with Crippen molar-refractivity contribution in [3.63, 3.8) is 0 Å². The summed E-state index contributed by atoms with van der Waals surface area (Å²) in [6.07, 6.45) is 3.83. The van der Waals surface area contributed by atoms with E-state index in [1.807, 2.05) is 30.3 Å². The van der Waals surface area contributed by atoms with Gasteiger partial charge in [-0.3, -0.25) is 9.59 Å². The van der Waals surface area contributed by atoms with Crippen LogP contribution in [0, 0.1) is 0 Å². The Labute approximate surface area is 232 Å². The molecule has 1 fully saturated rings. The molecule has 2 amide bonds. The van der Waals surface area contributed by atoms with Crippen molar-refractivity contribution < 1.29 is 18.8 Å². The van der Waals surface area contributed by atoms with Gasteiger partial charge in [-0.05, 0) is 49.7 Å². The summed E-state index contributed by atoms with van der Waals surface area (Å²) in [7, 11) is 1.42. The van der Waals surface area contributed by atoms with Crippen LogP contribution in [0.1, 0.15) is 55.6 Å². The van der Waals surface area contributed by atoms with Crippen LogP contribution in [-0.2, 0) is 22.6 Å². The van der Waals surface area contributed by atoms with Gasteiger partial charge in [-0.25, -0.2) is 4.79 Å². The number of nitrogens with zero attached hydrogens (tertiary/aromatic N) is 3. The molecule has 0 aliphatic carbocycles. The van der Waals surface area contributed by atoms with Gasteiger partial charge < -0.3 is 24.0 Å². The van der Waals surface area contributed by atoms with Crippen molar-refractivity contribution in [2.75, 3.05) is 19.0 Å². The first-order valence-corrected chi connectivity index (χ1v) is 13.8. The maximum atomic E-state index is 13.5. The van der Waals surface area contributed by atoms with Gasteiger partial charge in [0.2, 0.25) is 5.91 Å². The number of carbonyl (C=O) groups is 2. The summed E-state index contributed by atoms with van der Waals surface area (Å²) in [6.45, 7) is 5.10. The van der Waals surface area contributed by atoms with Crippen molar-refractivity contribution in [3.05, 3.63) is 76.3 Å². The molecule has 1 aliphatic heterocycles. The summed E-state index contributed by atoms with van der Waals surface area (Å²) >= 11 is 0. The number of oxime groups is 1. The molecule has 9 nitrogen and oxygen atoms in total. The van der Waals surface area contributed by atoms with Crippen molar-refractivity contribution in [1.29, 1.82) is 0 Å². The fourth-order valence-corrected chi connectivity index (χ4v) is 5.49. The van der Waals surface area contributed by atoms with Crippen molar-refractivity contribution in [1.82, 2.24) is 9.47 Å². The number of para-hydroxylation sites is 1. The lowest BCUT2D eigenvalue weighted by Crippen LogP contribution is -2.44. The molecular formula is C31H34N4O5. The van der Waals surface area contributed by atoms with Crippen molar-refractivity contribution in [2.45, 2.75) is 58.5 Å². The van der Waals surface area contributed by atoms with Gasteiger partial charge in [0, 0.05) is 46.9 Å². The molecule has 1 atom stereocenters. The molecule has 9 heteroatoms. The molecule has 1 saturated heterocycles. The molecule has 1 aliphatic rings. The number of fused-ring (bicyclic) bond motifs is 3. The van der Waals surface area contributed by atoms with Crippen molar-refractivity contribution >= 4 is 45.0 Å². The number of benzene rings is 2. The first-order valence-electron chi connectivity index (χ1n) is 13.8. The van der Waals surface area contributed by atoms with Gasteiger partial charge >= 0.3 is 5.63 Å². The highest BCUT2D eigenvalue weighted by Crippen LogP contribution is 2.31. The first-order chi connectivity index (χ1) is 19.4. The molecule has 0 spiro atoms. The Kier molecular flexibility index (Phi) is 8.00. The summed E-state index contributed by atoms with van der Waals surface area (Å²) in [5.41, 5.74) is 2.57. The molecule has 0 radical (unpaired) electrons. The van der Waals surface area contributed by atoms with E-state index in [0.717, 1.165) is 47.6 Å². The molecule has 0 unspecified atom stereocenters. The number of aromatic nitrogens is 1. The van der Waals surface area contributed by atoms with E-state index >= 15 is 0 Å². The standard InChI is InChI=1S/C31H34N4O5/c1-4-6-7-10-22-14-15-24(31(38)40-22)30(37)35-19-21(33-39-3)18-28(35)29(36)32-20-13-16-27-25(17-20)23-11-8-9-12-26(23)34(27)5-2/h8-9,11-17,28H,4-7,10,18-19H2,1-3H3,(H,32,36)/b33-21+/t28-/m0/s1. The molecular weight excluding hydrogens is 508 g/mol. The van der Waals surface area contributed by atoms with Gasteiger partial charge in [0.25, 0.3) is 5.91 Å². The van der Waals surface area contributed by atoms with Crippen LogP contribution < -0.4 is 10.9 Å². The van der Waals surface area contributed by atoms with E-state index in [1.165, 1.54) is 18.1 Å². The van der Waals surface area contributed by atoms with Gasteiger partial charge in [-0.1, -0.05) is 43.1 Å². The van der Waals surface area contributed by atoms with E-state index in [1.54, 1.807) is 6.07 Å². The highest BCUT2D eigenvalue weighted by atomic mass is 16.6. The molecule has 1 N–H and O–H groups in total. The average molecular weight is 543 g/mol. The molecule has 40 heavy (non-hydrogen) atoms. The van der Waals surface area contributed by atoms with Gasteiger partial charge in [0.05, 0.1) is 12.3 Å². The Bertz CT molecular complexity index is 1650. The second-order valence-corrected chi connectivity index (χ2v) is 10.0. The van der Waals surface area contributed by atoms with E-state index < -0.39 is 17.6 Å². The molecule has 3 heterocycles. The highest BCUT2D eigenvalue weighted by Gasteiger charge is 2.39. The minimum atomic E-state index is -0.863. The largest absolute Gasteiger partial charge is 0.427 e.